The quantitative estimate of drug-likeness (QED) is 0.843. The molecular formula is C14H18ClNO3. The van der Waals surface area contributed by atoms with Gasteiger partial charge in [-0.1, -0.05) is 31.4 Å². The van der Waals surface area contributed by atoms with Crippen molar-refractivity contribution >= 4 is 23.5 Å². The molecule has 4 nitrogen and oxygen atoms in total. The van der Waals surface area contributed by atoms with Gasteiger partial charge in [-0.2, -0.15) is 0 Å². The van der Waals surface area contributed by atoms with Crippen LogP contribution in [0.25, 0.3) is 0 Å². The predicted octanol–water partition coefficient (Wildman–Crippen LogP) is 3.02. The van der Waals surface area contributed by atoms with E-state index < -0.39 is 12.0 Å². The van der Waals surface area contributed by atoms with Crippen LogP contribution in [-0.4, -0.2) is 23.0 Å². The van der Waals surface area contributed by atoms with Crippen molar-refractivity contribution in [3.05, 3.63) is 34.3 Å². The third-order valence-electron chi connectivity index (χ3n) is 2.87. The Kier molecular flexibility index (Phi) is 5.83. The van der Waals surface area contributed by atoms with Gasteiger partial charge < -0.3 is 10.4 Å². The molecule has 1 amide bonds. The highest BCUT2D eigenvalue weighted by atomic mass is 35.5. The maximum atomic E-state index is 12.0. The highest BCUT2D eigenvalue weighted by Crippen LogP contribution is 2.16. The molecular weight excluding hydrogens is 266 g/mol. The lowest BCUT2D eigenvalue weighted by molar-refractivity contribution is -0.139. The van der Waals surface area contributed by atoms with Crippen LogP contribution >= 0.6 is 11.6 Å². The number of hydrogen-bond acceptors (Lipinski definition) is 2. The van der Waals surface area contributed by atoms with E-state index in [2.05, 4.69) is 5.32 Å². The van der Waals surface area contributed by atoms with Gasteiger partial charge in [-0.25, -0.2) is 4.79 Å². The van der Waals surface area contributed by atoms with E-state index >= 15 is 0 Å². The molecule has 19 heavy (non-hydrogen) atoms. The van der Waals surface area contributed by atoms with Gasteiger partial charge in [0.2, 0.25) is 0 Å². The highest BCUT2D eigenvalue weighted by Gasteiger charge is 2.20. The lowest BCUT2D eigenvalue weighted by atomic mass is 10.1. The zero-order chi connectivity index (χ0) is 14.4. The molecule has 0 saturated heterocycles. The fourth-order valence-corrected chi connectivity index (χ4v) is 1.81. The average molecular weight is 284 g/mol. The van der Waals surface area contributed by atoms with Gasteiger partial charge in [-0.15, -0.1) is 0 Å². The number of carboxylic acid groups (broad SMARTS) is 1. The predicted molar refractivity (Wildman–Crippen MR) is 74.6 cm³/mol. The number of carboxylic acids is 1. The first kappa shape index (κ1) is 15.5. The second kappa shape index (κ2) is 7.14. The fourth-order valence-electron chi connectivity index (χ4n) is 1.69. The number of hydrogen-bond donors (Lipinski definition) is 2. The number of amides is 1. The Bertz CT molecular complexity index is 474. The molecule has 0 aliphatic heterocycles. The van der Waals surface area contributed by atoms with Crippen molar-refractivity contribution in [2.75, 3.05) is 0 Å². The SMILES string of the molecule is CCCCC(NC(=O)c1ccc(Cl)c(C)c1)C(=O)O. The molecule has 104 valence electrons. The maximum absolute atomic E-state index is 12.0. The summed E-state index contributed by atoms with van der Waals surface area (Å²) in [5.41, 5.74) is 1.21. The minimum absolute atomic E-state index is 0.386. The van der Waals surface area contributed by atoms with Crippen molar-refractivity contribution in [1.29, 1.82) is 0 Å². The first-order valence-electron chi connectivity index (χ1n) is 6.25. The van der Waals surface area contributed by atoms with Crippen molar-refractivity contribution < 1.29 is 14.7 Å². The van der Waals surface area contributed by atoms with Crippen molar-refractivity contribution in [3.8, 4) is 0 Å². The normalized spacial score (nSPS) is 11.9. The zero-order valence-electron chi connectivity index (χ0n) is 11.1. The van der Waals surface area contributed by atoms with Crippen LogP contribution in [0.4, 0.5) is 0 Å². The molecule has 0 aliphatic carbocycles. The third kappa shape index (κ3) is 4.56. The van der Waals surface area contributed by atoms with E-state index in [0.717, 1.165) is 18.4 Å². The molecule has 5 heteroatoms. The van der Waals surface area contributed by atoms with Crippen molar-refractivity contribution in [2.45, 2.75) is 39.2 Å². The van der Waals surface area contributed by atoms with Crippen LogP contribution < -0.4 is 5.32 Å². The van der Waals surface area contributed by atoms with E-state index in [9.17, 15) is 9.59 Å². The molecule has 0 fully saturated rings. The second-order valence-corrected chi connectivity index (χ2v) is 4.88. The molecule has 0 radical (unpaired) electrons. The topological polar surface area (TPSA) is 66.4 Å². The number of unbranched alkanes of at least 4 members (excludes halogenated alkanes) is 1. The molecule has 1 aromatic carbocycles. The Hall–Kier alpha value is -1.55. The van der Waals surface area contributed by atoms with Crippen LogP contribution in [0.5, 0.6) is 0 Å². The standard InChI is InChI=1S/C14H18ClNO3/c1-3-4-5-12(14(18)19)16-13(17)10-6-7-11(15)9(2)8-10/h6-8,12H,3-5H2,1-2H3,(H,16,17)(H,18,19). The van der Waals surface area contributed by atoms with Gasteiger partial charge in [-0.3, -0.25) is 4.79 Å². The fraction of sp³-hybridized carbons (Fsp3) is 0.429. The number of aryl methyl sites for hydroxylation is 1. The van der Waals surface area contributed by atoms with Gasteiger partial charge in [0.15, 0.2) is 0 Å². The van der Waals surface area contributed by atoms with E-state index in [-0.39, 0.29) is 5.91 Å². The summed E-state index contributed by atoms with van der Waals surface area (Å²) in [6, 6.07) is 4.02. The molecule has 0 bridgehead atoms. The van der Waals surface area contributed by atoms with Gasteiger partial charge >= 0.3 is 5.97 Å². The lowest BCUT2D eigenvalue weighted by Gasteiger charge is -2.14. The number of rotatable bonds is 6. The first-order chi connectivity index (χ1) is 8.95. The molecule has 0 spiro atoms. The smallest absolute Gasteiger partial charge is 0.326 e. The van der Waals surface area contributed by atoms with Crippen molar-refractivity contribution in [2.24, 2.45) is 0 Å². The first-order valence-corrected chi connectivity index (χ1v) is 6.63. The van der Waals surface area contributed by atoms with Crippen LogP contribution in [0.2, 0.25) is 5.02 Å². The van der Waals surface area contributed by atoms with Crippen molar-refractivity contribution in [1.82, 2.24) is 5.32 Å². The van der Waals surface area contributed by atoms with Crippen LogP contribution in [-0.2, 0) is 4.79 Å². The van der Waals surface area contributed by atoms with E-state index in [1.54, 1.807) is 25.1 Å². The summed E-state index contributed by atoms with van der Waals surface area (Å²) < 4.78 is 0. The molecule has 0 heterocycles. The van der Waals surface area contributed by atoms with Crippen LogP contribution in [0.3, 0.4) is 0 Å². The number of carbonyl (C=O) groups is 2. The van der Waals surface area contributed by atoms with Crippen LogP contribution in [0.15, 0.2) is 18.2 Å². The summed E-state index contributed by atoms with van der Waals surface area (Å²) in [6.45, 7) is 3.77. The Morgan fingerprint density at radius 1 is 1.42 bits per heavy atom. The monoisotopic (exact) mass is 283 g/mol. The van der Waals surface area contributed by atoms with Gasteiger partial charge in [-0.05, 0) is 37.1 Å². The molecule has 0 saturated carbocycles. The largest absolute Gasteiger partial charge is 0.480 e. The van der Waals surface area contributed by atoms with Gasteiger partial charge in [0.1, 0.15) is 6.04 Å². The van der Waals surface area contributed by atoms with Gasteiger partial charge in [0.25, 0.3) is 5.91 Å². The maximum Gasteiger partial charge on any atom is 0.326 e. The molecule has 1 unspecified atom stereocenters. The molecule has 1 atom stereocenters. The van der Waals surface area contributed by atoms with E-state index in [1.807, 2.05) is 6.92 Å². The Morgan fingerprint density at radius 2 is 2.11 bits per heavy atom. The number of carbonyl (C=O) groups excluding carboxylic acids is 1. The summed E-state index contributed by atoms with van der Waals surface area (Å²) in [4.78, 5) is 23.0. The lowest BCUT2D eigenvalue weighted by Crippen LogP contribution is -2.40. The van der Waals surface area contributed by atoms with E-state index in [0.29, 0.717) is 17.0 Å². The minimum atomic E-state index is -1.01. The number of halogens is 1. The van der Waals surface area contributed by atoms with Gasteiger partial charge in [0, 0.05) is 10.6 Å². The molecule has 2 N–H and O–H groups in total. The summed E-state index contributed by atoms with van der Waals surface area (Å²) in [6.07, 6.45) is 2.08. The van der Waals surface area contributed by atoms with Crippen molar-refractivity contribution in [3.63, 3.8) is 0 Å². The zero-order valence-corrected chi connectivity index (χ0v) is 11.8. The van der Waals surface area contributed by atoms with E-state index in [1.165, 1.54) is 0 Å². The number of aliphatic carboxylic acids is 1. The molecule has 1 aromatic rings. The minimum Gasteiger partial charge on any atom is -0.480 e. The summed E-state index contributed by atoms with van der Waals surface area (Å²) in [5, 5.41) is 12.2. The number of nitrogens with one attached hydrogen (secondary N) is 1. The summed E-state index contributed by atoms with van der Waals surface area (Å²) in [7, 11) is 0. The van der Waals surface area contributed by atoms with Gasteiger partial charge in [0.05, 0.1) is 0 Å². The molecule has 1 rings (SSSR count). The third-order valence-corrected chi connectivity index (χ3v) is 3.29. The average Bonchev–Trinajstić information content (AvgIpc) is 2.37. The Morgan fingerprint density at radius 3 is 2.63 bits per heavy atom. The second-order valence-electron chi connectivity index (χ2n) is 4.47. The summed E-state index contributed by atoms with van der Waals surface area (Å²) in [5.74, 6) is -1.39. The Labute approximate surface area is 117 Å². The van der Waals surface area contributed by atoms with Crippen LogP contribution in [0.1, 0.15) is 42.1 Å². The van der Waals surface area contributed by atoms with E-state index in [4.69, 9.17) is 16.7 Å². The summed E-state index contributed by atoms with van der Waals surface area (Å²) >= 11 is 5.88. The Balaban J connectivity index is 2.75. The molecule has 0 aromatic heterocycles. The molecule has 0 aliphatic rings. The number of benzene rings is 1. The highest BCUT2D eigenvalue weighted by molar-refractivity contribution is 6.31. The van der Waals surface area contributed by atoms with Crippen LogP contribution in [0, 0.1) is 6.92 Å².